The summed E-state index contributed by atoms with van der Waals surface area (Å²) in [6.45, 7) is 4.91. The van der Waals surface area contributed by atoms with Crippen LogP contribution in [-0.4, -0.2) is 19.1 Å². The molecule has 3 rings (SSSR count). The number of fused-ring (bicyclic) bond motifs is 1. The number of hydrogen-bond donors (Lipinski definition) is 1. The molecule has 5 nitrogen and oxygen atoms in total. The normalized spacial score (nSPS) is 13.1. The molecule has 0 aromatic heterocycles. The van der Waals surface area contributed by atoms with E-state index >= 15 is 0 Å². The van der Waals surface area contributed by atoms with Gasteiger partial charge in [-0.3, -0.25) is 4.79 Å². The second kappa shape index (κ2) is 7.10. The van der Waals surface area contributed by atoms with Gasteiger partial charge in [-0.05, 0) is 49.2 Å². The fraction of sp³-hybridized carbons (Fsp3) is 0.200. The number of carbonyl (C=O) groups is 1. The van der Waals surface area contributed by atoms with Crippen LogP contribution in [0.5, 0.6) is 11.5 Å². The van der Waals surface area contributed by atoms with Gasteiger partial charge in [0.15, 0.2) is 11.5 Å². The Kier molecular flexibility index (Phi) is 4.71. The molecule has 2 aromatic carbocycles. The number of carbonyl (C=O) groups excluding carboxylic acids is 1. The van der Waals surface area contributed by atoms with Crippen LogP contribution in [0.1, 0.15) is 16.7 Å². The van der Waals surface area contributed by atoms with Gasteiger partial charge in [0.2, 0.25) is 0 Å². The summed E-state index contributed by atoms with van der Waals surface area (Å²) in [5, 5.41) is 12.1. The van der Waals surface area contributed by atoms with E-state index in [1.807, 2.05) is 38.1 Å². The summed E-state index contributed by atoms with van der Waals surface area (Å²) in [5.41, 5.74) is 3.49. The lowest BCUT2D eigenvalue weighted by Crippen LogP contribution is -2.15. The number of rotatable bonds is 3. The van der Waals surface area contributed by atoms with Gasteiger partial charge in [0.05, 0.1) is 0 Å². The molecule has 0 saturated heterocycles. The smallest absolute Gasteiger partial charge is 0.266 e. The molecule has 0 atom stereocenters. The number of hydrogen-bond acceptors (Lipinski definition) is 4. The molecular weight excluding hydrogens is 316 g/mol. The summed E-state index contributed by atoms with van der Waals surface area (Å²) in [6.07, 6.45) is 1.54. The van der Waals surface area contributed by atoms with Crippen LogP contribution in [0.2, 0.25) is 0 Å². The van der Waals surface area contributed by atoms with Crippen LogP contribution in [0.3, 0.4) is 0 Å². The number of aryl methyl sites for hydroxylation is 2. The van der Waals surface area contributed by atoms with Gasteiger partial charge in [0.25, 0.3) is 5.91 Å². The summed E-state index contributed by atoms with van der Waals surface area (Å²) in [6, 6.07) is 13.0. The van der Waals surface area contributed by atoms with Gasteiger partial charge in [-0.1, -0.05) is 23.8 Å². The number of nitrogens with one attached hydrogen (secondary N) is 1. The zero-order valence-electron chi connectivity index (χ0n) is 14.1. The number of ether oxygens (including phenoxy) is 2. The lowest BCUT2D eigenvalue weighted by molar-refractivity contribution is -0.112. The Hall–Kier alpha value is -3.26. The maximum Gasteiger partial charge on any atom is 0.266 e. The van der Waals surface area contributed by atoms with Crippen molar-refractivity contribution in [1.29, 1.82) is 5.26 Å². The highest BCUT2D eigenvalue weighted by Crippen LogP contribution is 2.31. The van der Waals surface area contributed by atoms with Crippen LogP contribution >= 0.6 is 0 Å². The van der Waals surface area contributed by atoms with Crippen molar-refractivity contribution in [2.45, 2.75) is 13.8 Å². The Morgan fingerprint density at radius 3 is 2.60 bits per heavy atom. The summed E-state index contributed by atoms with van der Waals surface area (Å²) in [7, 11) is 0. The molecule has 1 heterocycles. The molecule has 0 unspecified atom stereocenters. The van der Waals surface area contributed by atoms with Gasteiger partial charge in [-0.2, -0.15) is 5.26 Å². The standard InChI is InChI=1S/C20H18N2O3/c1-13-3-5-17(14(2)9-13)22-20(23)16(12-21)10-15-4-6-18-19(11-15)25-8-7-24-18/h3-6,9-11H,7-8H2,1-2H3,(H,22,23)/b16-10+. The maximum atomic E-state index is 12.4. The summed E-state index contributed by atoms with van der Waals surface area (Å²) < 4.78 is 11.0. The van der Waals surface area contributed by atoms with Gasteiger partial charge < -0.3 is 14.8 Å². The number of benzene rings is 2. The second-order valence-corrected chi connectivity index (χ2v) is 5.85. The summed E-state index contributed by atoms with van der Waals surface area (Å²) >= 11 is 0. The number of anilines is 1. The van der Waals surface area contributed by atoms with Crippen molar-refractivity contribution < 1.29 is 14.3 Å². The largest absolute Gasteiger partial charge is 0.486 e. The van der Waals surface area contributed by atoms with Gasteiger partial charge in [-0.25, -0.2) is 0 Å². The summed E-state index contributed by atoms with van der Waals surface area (Å²) in [5.74, 6) is 0.845. The molecule has 1 aliphatic rings. The predicted molar refractivity (Wildman–Crippen MR) is 95.6 cm³/mol. The number of nitriles is 1. The van der Waals surface area contributed by atoms with E-state index in [1.54, 1.807) is 18.2 Å². The SMILES string of the molecule is Cc1ccc(NC(=O)/C(C#N)=C/c2ccc3c(c2)OCCO3)c(C)c1. The zero-order chi connectivity index (χ0) is 17.8. The van der Waals surface area contributed by atoms with Crippen LogP contribution in [0.4, 0.5) is 5.69 Å². The van der Waals surface area contributed by atoms with Crippen LogP contribution in [-0.2, 0) is 4.79 Å². The van der Waals surface area contributed by atoms with E-state index in [2.05, 4.69) is 5.32 Å². The topological polar surface area (TPSA) is 71.4 Å². The molecule has 0 radical (unpaired) electrons. The first-order chi connectivity index (χ1) is 12.1. The molecule has 0 fully saturated rings. The highest BCUT2D eigenvalue weighted by atomic mass is 16.6. The van der Waals surface area contributed by atoms with Gasteiger partial charge in [0.1, 0.15) is 24.9 Å². The highest BCUT2D eigenvalue weighted by Gasteiger charge is 2.14. The maximum absolute atomic E-state index is 12.4. The average Bonchev–Trinajstić information content (AvgIpc) is 2.61. The minimum absolute atomic E-state index is 0.0247. The molecule has 25 heavy (non-hydrogen) atoms. The molecule has 1 amide bonds. The number of amides is 1. The average molecular weight is 334 g/mol. The van der Waals surface area contributed by atoms with Crippen molar-refractivity contribution in [2.75, 3.05) is 18.5 Å². The molecule has 0 bridgehead atoms. The van der Waals surface area contributed by atoms with Gasteiger partial charge >= 0.3 is 0 Å². The quantitative estimate of drug-likeness (QED) is 0.687. The van der Waals surface area contributed by atoms with Gasteiger partial charge in [0, 0.05) is 5.69 Å². The second-order valence-electron chi connectivity index (χ2n) is 5.85. The molecule has 5 heteroatoms. The van der Waals surface area contributed by atoms with Crippen LogP contribution in [0.25, 0.3) is 6.08 Å². The van der Waals surface area contributed by atoms with Crippen molar-refractivity contribution in [3.63, 3.8) is 0 Å². The zero-order valence-corrected chi connectivity index (χ0v) is 14.1. The van der Waals surface area contributed by atoms with E-state index in [-0.39, 0.29) is 5.57 Å². The third-order valence-electron chi connectivity index (χ3n) is 3.87. The molecule has 0 spiro atoms. The van der Waals surface area contributed by atoms with E-state index in [9.17, 15) is 10.1 Å². The molecule has 1 aliphatic heterocycles. The minimum atomic E-state index is -0.440. The van der Waals surface area contributed by atoms with E-state index in [1.165, 1.54) is 6.08 Å². The van der Waals surface area contributed by atoms with Crippen molar-refractivity contribution in [1.82, 2.24) is 0 Å². The van der Waals surface area contributed by atoms with Crippen LogP contribution < -0.4 is 14.8 Å². The first-order valence-electron chi connectivity index (χ1n) is 7.97. The Labute approximate surface area is 146 Å². The third kappa shape index (κ3) is 3.81. The Morgan fingerprint density at radius 2 is 1.88 bits per heavy atom. The van der Waals surface area contributed by atoms with Crippen molar-refractivity contribution in [2.24, 2.45) is 0 Å². The fourth-order valence-corrected chi connectivity index (χ4v) is 2.61. The number of nitrogens with zero attached hydrogens (tertiary/aromatic N) is 1. The third-order valence-corrected chi connectivity index (χ3v) is 3.87. The van der Waals surface area contributed by atoms with Crippen molar-refractivity contribution in [3.05, 3.63) is 58.7 Å². The lowest BCUT2D eigenvalue weighted by Gasteiger charge is -2.18. The van der Waals surface area contributed by atoms with E-state index in [4.69, 9.17) is 9.47 Å². The highest BCUT2D eigenvalue weighted by molar-refractivity contribution is 6.10. The molecule has 0 saturated carbocycles. The van der Waals surface area contributed by atoms with E-state index < -0.39 is 5.91 Å². The fourth-order valence-electron chi connectivity index (χ4n) is 2.61. The van der Waals surface area contributed by atoms with Gasteiger partial charge in [-0.15, -0.1) is 0 Å². The van der Waals surface area contributed by atoms with Crippen LogP contribution in [0.15, 0.2) is 42.0 Å². The van der Waals surface area contributed by atoms with E-state index in [0.717, 1.165) is 11.1 Å². The minimum Gasteiger partial charge on any atom is -0.486 e. The molecule has 0 aliphatic carbocycles. The molecule has 126 valence electrons. The van der Waals surface area contributed by atoms with Crippen molar-refractivity contribution in [3.8, 4) is 17.6 Å². The first-order valence-corrected chi connectivity index (χ1v) is 7.97. The monoisotopic (exact) mass is 334 g/mol. The molecular formula is C20H18N2O3. The first kappa shape index (κ1) is 16.6. The molecule has 2 aromatic rings. The molecule has 1 N–H and O–H groups in total. The van der Waals surface area contributed by atoms with Crippen LogP contribution in [0, 0.1) is 25.2 Å². The Morgan fingerprint density at radius 1 is 1.12 bits per heavy atom. The lowest BCUT2D eigenvalue weighted by atomic mass is 10.1. The van der Waals surface area contributed by atoms with Crippen molar-refractivity contribution >= 4 is 17.7 Å². The Balaban J connectivity index is 1.82. The van der Waals surface area contributed by atoms with E-state index in [0.29, 0.717) is 36.0 Å². The summed E-state index contributed by atoms with van der Waals surface area (Å²) in [4.78, 5) is 12.4. The Bertz CT molecular complexity index is 894. The predicted octanol–water partition coefficient (Wildman–Crippen LogP) is 3.62.